The number of ether oxygens (including phenoxy) is 2. The van der Waals surface area contributed by atoms with Crippen LogP contribution in [-0.4, -0.2) is 37.4 Å². The minimum absolute atomic E-state index is 0.0875. The molecule has 8 rings (SSSR count). The molecule has 1 unspecified atom stereocenters. The van der Waals surface area contributed by atoms with Crippen molar-refractivity contribution in [2.24, 2.45) is 0 Å². The maximum absolute atomic E-state index is 13.3. The summed E-state index contributed by atoms with van der Waals surface area (Å²) >= 11 is 0. The van der Waals surface area contributed by atoms with Gasteiger partial charge in [0.05, 0.1) is 35.1 Å². The van der Waals surface area contributed by atoms with Crippen LogP contribution in [0.25, 0.3) is 56.6 Å². The van der Waals surface area contributed by atoms with Crippen molar-refractivity contribution in [3.05, 3.63) is 186 Å². The summed E-state index contributed by atoms with van der Waals surface area (Å²) < 4.78 is 14.5. The van der Waals surface area contributed by atoms with Crippen LogP contribution in [0, 0.1) is 66.2 Å². The lowest BCUT2D eigenvalue weighted by Crippen LogP contribution is -2.27. The number of terminal acetylenes is 2. The van der Waals surface area contributed by atoms with Gasteiger partial charge in [0.25, 0.3) is 0 Å². The minimum atomic E-state index is -0.859. The highest BCUT2D eigenvalue weighted by molar-refractivity contribution is 5.95. The van der Waals surface area contributed by atoms with Crippen molar-refractivity contribution in [2.45, 2.75) is 93.7 Å². The van der Waals surface area contributed by atoms with Crippen LogP contribution >= 0.6 is 0 Å². The number of aromatic nitrogens is 4. The van der Waals surface area contributed by atoms with E-state index >= 15 is 0 Å². The Hall–Kier alpha value is -7.98. The molecule has 0 fully saturated rings. The van der Waals surface area contributed by atoms with E-state index < -0.39 is 11.8 Å². The van der Waals surface area contributed by atoms with Crippen molar-refractivity contribution in [3.8, 4) is 58.7 Å². The van der Waals surface area contributed by atoms with Gasteiger partial charge < -0.3 is 14.6 Å². The summed E-state index contributed by atoms with van der Waals surface area (Å²) in [6, 6.07) is 35.8. The van der Waals surface area contributed by atoms with E-state index in [-0.39, 0.29) is 25.4 Å². The van der Waals surface area contributed by atoms with Crippen molar-refractivity contribution < 1.29 is 14.6 Å². The number of aliphatic hydroxyl groups is 1. The lowest BCUT2D eigenvalue weighted by Gasteiger charge is -2.20. The Morgan fingerprint density at radius 1 is 0.592 bits per heavy atom. The molecule has 0 saturated heterocycles. The summed E-state index contributed by atoms with van der Waals surface area (Å²) in [6.07, 6.45) is 13.7. The fraction of sp³-hybridized carbons (Fsp3) is 0.258. The molecule has 360 valence electrons. The van der Waals surface area contributed by atoms with E-state index in [1.807, 2.05) is 93.6 Å². The van der Waals surface area contributed by atoms with Gasteiger partial charge in [0.15, 0.2) is 0 Å². The van der Waals surface area contributed by atoms with Crippen LogP contribution < -0.4 is 20.9 Å². The second-order valence-corrected chi connectivity index (χ2v) is 18.8. The summed E-state index contributed by atoms with van der Waals surface area (Å²) in [5.41, 5.74) is 14.6. The van der Waals surface area contributed by atoms with Crippen molar-refractivity contribution in [2.75, 3.05) is 13.2 Å². The zero-order chi connectivity index (χ0) is 51.1. The summed E-state index contributed by atoms with van der Waals surface area (Å²) in [6.45, 7) is 21.2. The van der Waals surface area contributed by atoms with Gasteiger partial charge in [-0.05, 0) is 140 Å². The van der Waals surface area contributed by atoms with Crippen LogP contribution in [-0.2, 0) is 6.54 Å². The molecule has 9 heteroatoms. The summed E-state index contributed by atoms with van der Waals surface area (Å²) in [5.74, 6) is 7.03. The fourth-order valence-corrected chi connectivity index (χ4v) is 9.31. The molecule has 8 aromatic rings. The van der Waals surface area contributed by atoms with Crippen LogP contribution in [0.3, 0.4) is 0 Å². The van der Waals surface area contributed by atoms with Crippen molar-refractivity contribution in [1.82, 2.24) is 19.1 Å². The van der Waals surface area contributed by atoms with Crippen LogP contribution in [0.5, 0.6) is 11.5 Å². The highest BCUT2D eigenvalue weighted by Gasteiger charge is 2.20. The van der Waals surface area contributed by atoms with Gasteiger partial charge in [-0.15, -0.1) is 12.8 Å². The lowest BCUT2D eigenvalue weighted by molar-refractivity contribution is 0.155. The molecule has 0 amide bonds. The Morgan fingerprint density at radius 2 is 1.03 bits per heavy atom. The van der Waals surface area contributed by atoms with Gasteiger partial charge in [-0.25, -0.2) is 9.59 Å². The number of aryl methyl sites for hydroxylation is 6. The molecule has 0 aliphatic heterocycles. The smallest absolute Gasteiger partial charge is 0.352 e. The number of hydrogen-bond donors (Lipinski definition) is 1. The normalized spacial score (nSPS) is 11.7. The Labute approximate surface area is 417 Å². The first kappa shape index (κ1) is 50.9. The van der Waals surface area contributed by atoms with Gasteiger partial charge in [0.1, 0.15) is 24.7 Å². The number of benzene rings is 6. The van der Waals surface area contributed by atoms with Gasteiger partial charge in [0, 0.05) is 28.1 Å². The van der Waals surface area contributed by atoms with E-state index in [9.17, 15) is 14.7 Å². The minimum Gasteiger partial charge on any atom is -0.481 e. The molecule has 1 N–H and O–H groups in total. The molecule has 0 bridgehead atoms. The molecule has 6 aromatic carbocycles. The van der Waals surface area contributed by atoms with Crippen molar-refractivity contribution in [1.29, 1.82) is 0 Å². The summed E-state index contributed by atoms with van der Waals surface area (Å²) in [4.78, 5) is 35.6. The van der Waals surface area contributed by atoms with Crippen molar-refractivity contribution >= 4 is 34.1 Å². The highest BCUT2D eigenvalue weighted by Crippen LogP contribution is 2.33. The van der Waals surface area contributed by atoms with Gasteiger partial charge in [0.2, 0.25) is 0 Å². The van der Waals surface area contributed by atoms with Crippen LogP contribution in [0.1, 0.15) is 101 Å². The molecule has 0 radical (unpaired) electrons. The molecule has 0 aliphatic rings. The average Bonchev–Trinajstić information content (AvgIpc) is 3.33. The maximum Gasteiger partial charge on any atom is 0.352 e. The van der Waals surface area contributed by atoms with Gasteiger partial charge in [-0.1, -0.05) is 123 Å². The predicted octanol–water partition coefficient (Wildman–Crippen LogP) is 12.6. The molecule has 2 heterocycles. The fourth-order valence-electron chi connectivity index (χ4n) is 9.31. The summed E-state index contributed by atoms with van der Waals surface area (Å²) in [5, 5.41) is 12.8. The molecule has 2 aromatic heterocycles. The SMILES string of the molecule is C#CCOc1ccc2c(c1)c(-c1ccc(C(C)C)cc1)nc(=O)n2/C=C/c1c(C)cc(C)cc1C.C#CCOc1ccc2c(c1)c(-c1ccc(C(C)C)cc1)nc(=O)n2CC(O)c1c(C)cc(C)cc1C. The molecule has 9 nitrogen and oxygen atoms in total. The Bertz CT molecular complexity index is 3450. The van der Waals surface area contributed by atoms with Gasteiger partial charge >= 0.3 is 11.4 Å². The second kappa shape index (κ2) is 22.2. The molecule has 71 heavy (non-hydrogen) atoms. The molecular weight excluding hydrogens is 881 g/mol. The number of hydrogen-bond acceptors (Lipinski definition) is 7. The van der Waals surface area contributed by atoms with Crippen LogP contribution in [0.4, 0.5) is 0 Å². The molecule has 0 saturated carbocycles. The highest BCUT2D eigenvalue weighted by atomic mass is 16.5. The Balaban J connectivity index is 0.000000209. The molecule has 0 aliphatic carbocycles. The molecule has 0 spiro atoms. The number of aliphatic hydroxyl groups excluding tert-OH is 1. The molecule has 1 atom stereocenters. The zero-order valence-electron chi connectivity index (χ0n) is 42.4. The van der Waals surface area contributed by atoms with Crippen LogP contribution in [0.15, 0.2) is 119 Å². The first-order valence-electron chi connectivity index (χ1n) is 23.9. The van der Waals surface area contributed by atoms with E-state index in [0.29, 0.717) is 40.2 Å². The van der Waals surface area contributed by atoms with Gasteiger partial charge in [-0.2, -0.15) is 9.97 Å². The monoisotopic (exact) mass is 942 g/mol. The number of nitrogens with zero attached hydrogens (tertiary/aromatic N) is 4. The standard InChI is InChI=1S/C31H32N2O3.C31H30N2O2/c1-7-14-36-25-12-13-27-26(17-25)30(24-10-8-23(9-11-24)19(2)3)32-31(35)33(27)18-28(34)29-21(5)15-20(4)16-22(29)6;1-7-16-35-26-12-13-29-28(19-26)30(25-10-8-24(9-11-25)20(2)3)32-31(34)33(29)15-14-27-22(5)17-21(4)18-23(27)6/h1,8-13,15-17,19,28,34H,14,18H2,2-6H3;1,8-15,17-20H,16H2,2-6H3/b;15-14+. The topological polar surface area (TPSA) is 108 Å². The Kier molecular flexibility index (Phi) is 15.9. The third-order valence-corrected chi connectivity index (χ3v) is 12.7. The third-order valence-electron chi connectivity index (χ3n) is 12.7. The second-order valence-electron chi connectivity index (χ2n) is 18.8. The Morgan fingerprint density at radius 3 is 1.49 bits per heavy atom. The van der Waals surface area contributed by atoms with E-state index in [1.165, 1.54) is 21.3 Å². The summed E-state index contributed by atoms with van der Waals surface area (Å²) in [7, 11) is 0. The van der Waals surface area contributed by atoms with Crippen LogP contribution in [0.2, 0.25) is 0 Å². The average molecular weight is 943 g/mol. The van der Waals surface area contributed by atoms with Crippen molar-refractivity contribution in [3.63, 3.8) is 0 Å². The quantitative estimate of drug-likeness (QED) is 0.115. The lowest BCUT2D eigenvalue weighted by atomic mass is 9.95. The largest absolute Gasteiger partial charge is 0.481 e. The van der Waals surface area contributed by atoms with E-state index in [2.05, 4.69) is 107 Å². The zero-order valence-corrected chi connectivity index (χ0v) is 42.4. The van der Waals surface area contributed by atoms with E-state index in [1.54, 1.807) is 16.8 Å². The van der Waals surface area contributed by atoms with Gasteiger partial charge in [-0.3, -0.25) is 9.13 Å². The van der Waals surface area contributed by atoms with E-state index in [4.69, 9.17) is 22.3 Å². The number of rotatable bonds is 13. The van der Waals surface area contributed by atoms with E-state index in [0.717, 1.165) is 66.4 Å². The maximum atomic E-state index is 13.3. The number of fused-ring (bicyclic) bond motifs is 2. The predicted molar refractivity (Wildman–Crippen MR) is 291 cm³/mol. The molecular formula is C62H62N4O5. The first-order chi connectivity index (χ1) is 34.0. The first-order valence-corrected chi connectivity index (χ1v) is 23.9. The third kappa shape index (κ3) is 11.6.